The number of aromatic nitrogens is 2. The summed E-state index contributed by atoms with van der Waals surface area (Å²) in [5.74, 6) is 1.68. The number of likely N-dealkylation sites (tertiary alicyclic amines) is 1. The molecule has 0 aromatic carbocycles. The number of hydrogen-bond acceptors (Lipinski definition) is 3. The third kappa shape index (κ3) is 2.39. The van der Waals surface area contributed by atoms with Gasteiger partial charge in [0.05, 0.1) is 0 Å². The van der Waals surface area contributed by atoms with E-state index in [1.165, 1.54) is 25.3 Å². The molecule has 2 heterocycles. The fourth-order valence-corrected chi connectivity index (χ4v) is 3.64. The smallest absolute Gasteiger partial charge is 0.272 e. The highest BCUT2D eigenvalue weighted by molar-refractivity contribution is 5.92. The second kappa shape index (κ2) is 4.97. The Morgan fingerprint density at radius 3 is 2.67 bits per heavy atom. The maximum Gasteiger partial charge on any atom is 0.272 e. The topological polar surface area (TPSA) is 66.1 Å². The molecule has 2 aliphatic carbocycles. The van der Waals surface area contributed by atoms with Crippen molar-refractivity contribution in [2.75, 3.05) is 6.54 Å². The molecular formula is C16H21N3O2. The van der Waals surface area contributed by atoms with Crippen LogP contribution < -0.4 is 5.56 Å². The Labute approximate surface area is 123 Å². The minimum atomic E-state index is -0.199. The van der Waals surface area contributed by atoms with Crippen LogP contribution in [0.2, 0.25) is 0 Å². The second-order valence-corrected chi connectivity index (χ2v) is 6.69. The monoisotopic (exact) mass is 287 g/mol. The van der Waals surface area contributed by atoms with Crippen LogP contribution in [0, 0.1) is 5.92 Å². The summed E-state index contributed by atoms with van der Waals surface area (Å²) in [6.45, 7) is 0.813. The third-order valence-corrected chi connectivity index (χ3v) is 5.20. The Kier molecular flexibility index (Phi) is 3.08. The third-order valence-electron chi connectivity index (χ3n) is 5.20. The van der Waals surface area contributed by atoms with E-state index in [1.807, 2.05) is 4.90 Å². The highest BCUT2D eigenvalue weighted by atomic mass is 16.2. The molecule has 3 fully saturated rings. The first-order valence-corrected chi connectivity index (χ1v) is 8.14. The van der Waals surface area contributed by atoms with E-state index in [4.69, 9.17) is 0 Å². The first-order valence-electron chi connectivity index (χ1n) is 8.14. The lowest BCUT2D eigenvalue weighted by Crippen LogP contribution is -2.43. The van der Waals surface area contributed by atoms with Crippen molar-refractivity contribution in [3.63, 3.8) is 0 Å². The molecule has 112 valence electrons. The number of nitrogens with zero attached hydrogens (tertiary/aromatic N) is 2. The highest BCUT2D eigenvalue weighted by Crippen LogP contribution is 2.39. The van der Waals surface area contributed by atoms with Crippen LogP contribution in [0.4, 0.5) is 0 Å². The molecule has 1 N–H and O–H groups in total. The molecule has 1 aromatic rings. The molecule has 2 saturated carbocycles. The van der Waals surface area contributed by atoms with Gasteiger partial charge in [-0.25, -0.2) is 4.98 Å². The van der Waals surface area contributed by atoms with Crippen LogP contribution in [0.15, 0.2) is 10.9 Å². The lowest BCUT2D eigenvalue weighted by molar-refractivity contribution is 0.0620. The number of H-pyrrole nitrogens is 1. The molecule has 1 unspecified atom stereocenters. The van der Waals surface area contributed by atoms with E-state index in [1.54, 1.807) is 0 Å². The van der Waals surface area contributed by atoms with Gasteiger partial charge in [0.25, 0.3) is 11.5 Å². The van der Waals surface area contributed by atoms with Gasteiger partial charge in [-0.1, -0.05) is 6.42 Å². The zero-order valence-electron chi connectivity index (χ0n) is 12.2. The number of rotatable bonds is 3. The minimum absolute atomic E-state index is 0.0441. The van der Waals surface area contributed by atoms with Crippen LogP contribution in [0.3, 0.4) is 0 Å². The average molecular weight is 287 g/mol. The fourth-order valence-electron chi connectivity index (χ4n) is 3.64. The largest absolute Gasteiger partial charge is 0.334 e. The van der Waals surface area contributed by atoms with Gasteiger partial charge in [0.1, 0.15) is 11.5 Å². The first-order chi connectivity index (χ1) is 10.2. The number of carbonyl (C=O) groups excluding carboxylic acids is 1. The van der Waals surface area contributed by atoms with Crippen molar-refractivity contribution in [3.8, 4) is 0 Å². The predicted molar refractivity (Wildman–Crippen MR) is 78.2 cm³/mol. The summed E-state index contributed by atoms with van der Waals surface area (Å²) < 4.78 is 0. The predicted octanol–water partition coefficient (Wildman–Crippen LogP) is 2.05. The standard InChI is InChI=1S/C16H21N3O2/c20-14-9-12(17-15(18-14)11-6-7-11)16(21)19-8-2-5-13(19)10-3-1-4-10/h9-11,13H,1-8H2,(H,17,18,20). The van der Waals surface area contributed by atoms with Gasteiger partial charge in [-0.2, -0.15) is 0 Å². The molecule has 0 radical (unpaired) electrons. The number of carbonyl (C=O) groups is 1. The van der Waals surface area contributed by atoms with E-state index in [0.29, 0.717) is 29.4 Å². The second-order valence-electron chi connectivity index (χ2n) is 6.69. The van der Waals surface area contributed by atoms with Crippen molar-refractivity contribution in [2.45, 2.75) is 56.9 Å². The molecule has 4 rings (SSSR count). The van der Waals surface area contributed by atoms with Crippen LogP contribution in [0.1, 0.15) is 67.2 Å². The molecule has 5 heteroatoms. The number of hydrogen-bond donors (Lipinski definition) is 1. The molecule has 5 nitrogen and oxygen atoms in total. The summed E-state index contributed by atoms with van der Waals surface area (Å²) in [4.78, 5) is 33.7. The van der Waals surface area contributed by atoms with Gasteiger partial charge in [0.15, 0.2) is 0 Å². The Morgan fingerprint density at radius 2 is 2.00 bits per heavy atom. The van der Waals surface area contributed by atoms with Crippen molar-refractivity contribution in [3.05, 3.63) is 27.9 Å². The molecule has 0 bridgehead atoms. The molecule has 1 saturated heterocycles. The molecule has 21 heavy (non-hydrogen) atoms. The Morgan fingerprint density at radius 1 is 1.19 bits per heavy atom. The normalized spacial score (nSPS) is 25.9. The maximum absolute atomic E-state index is 12.8. The van der Waals surface area contributed by atoms with Gasteiger partial charge in [-0.05, 0) is 44.4 Å². The van der Waals surface area contributed by atoms with Gasteiger partial charge >= 0.3 is 0 Å². The number of aromatic amines is 1. The van der Waals surface area contributed by atoms with Crippen molar-refractivity contribution >= 4 is 5.91 Å². The summed E-state index contributed by atoms with van der Waals surface area (Å²) in [5.41, 5.74) is 0.140. The summed E-state index contributed by atoms with van der Waals surface area (Å²) >= 11 is 0. The van der Waals surface area contributed by atoms with Crippen LogP contribution in [-0.4, -0.2) is 33.4 Å². The highest BCUT2D eigenvalue weighted by Gasteiger charge is 2.38. The van der Waals surface area contributed by atoms with Crippen molar-refractivity contribution in [1.82, 2.24) is 14.9 Å². The van der Waals surface area contributed by atoms with Gasteiger partial charge in [-0.3, -0.25) is 9.59 Å². The number of amides is 1. The molecule has 1 amide bonds. The fraction of sp³-hybridized carbons (Fsp3) is 0.688. The summed E-state index contributed by atoms with van der Waals surface area (Å²) in [5, 5.41) is 0. The van der Waals surface area contributed by atoms with E-state index in [0.717, 1.165) is 32.2 Å². The minimum Gasteiger partial charge on any atom is -0.334 e. The van der Waals surface area contributed by atoms with Crippen molar-refractivity contribution in [1.29, 1.82) is 0 Å². The van der Waals surface area contributed by atoms with E-state index in [-0.39, 0.29) is 11.5 Å². The molecule has 1 aliphatic heterocycles. The lowest BCUT2D eigenvalue weighted by atomic mass is 9.79. The first kappa shape index (κ1) is 13.0. The van der Waals surface area contributed by atoms with Crippen LogP contribution in [0.5, 0.6) is 0 Å². The molecule has 3 aliphatic rings. The van der Waals surface area contributed by atoms with Gasteiger partial charge in [-0.15, -0.1) is 0 Å². The van der Waals surface area contributed by atoms with E-state index >= 15 is 0 Å². The Balaban J connectivity index is 1.60. The summed E-state index contributed by atoms with van der Waals surface area (Å²) in [6.07, 6.45) is 8.08. The Bertz CT molecular complexity index is 616. The lowest BCUT2D eigenvalue weighted by Gasteiger charge is -2.36. The quantitative estimate of drug-likeness (QED) is 0.925. The van der Waals surface area contributed by atoms with Crippen molar-refractivity contribution < 1.29 is 4.79 Å². The molecular weight excluding hydrogens is 266 g/mol. The van der Waals surface area contributed by atoms with E-state index in [2.05, 4.69) is 9.97 Å². The van der Waals surface area contributed by atoms with Crippen molar-refractivity contribution in [2.24, 2.45) is 5.92 Å². The average Bonchev–Trinajstić information content (AvgIpc) is 3.16. The Hall–Kier alpha value is -1.65. The van der Waals surface area contributed by atoms with Gasteiger partial charge in [0, 0.05) is 24.6 Å². The maximum atomic E-state index is 12.8. The zero-order chi connectivity index (χ0) is 14.4. The molecule has 1 aromatic heterocycles. The van der Waals surface area contributed by atoms with E-state index < -0.39 is 0 Å². The number of nitrogens with one attached hydrogen (secondary N) is 1. The van der Waals surface area contributed by atoms with Crippen LogP contribution >= 0.6 is 0 Å². The van der Waals surface area contributed by atoms with Crippen LogP contribution in [-0.2, 0) is 0 Å². The zero-order valence-corrected chi connectivity index (χ0v) is 12.2. The summed E-state index contributed by atoms with van der Waals surface area (Å²) in [6, 6.07) is 1.74. The van der Waals surface area contributed by atoms with Crippen LogP contribution in [0.25, 0.3) is 0 Å². The molecule has 0 spiro atoms. The van der Waals surface area contributed by atoms with Gasteiger partial charge < -0.3 is 9.88 Å². The SMILES string of the molecule is O=C(c1cc(=O)[nH]c(C2CC2)n1)N1CCCC1C1CCC1. The van der Waals surface area contributed by atoms with Gasteiger partial charge in [0.2, 0.25) is 0 Å². The van der Waals surface area contributed by atoms with E-state index in [9.17, 15) is 9.59 Å². The summed E-state index contributed by atoms with van der Waals surface area (Å²) in [7, 11) is 0. The molecule has 1 atom stereocenters.